The van der Waals surface area contributed by atoms with Crippen molar-refractivity contribution in [3.05, 3.63) is 29.3 Å². The van der Waals surface area contributed by atoms with Crippen LogP contribution in [-0.2, 0) is 6.42 Å². The maximum atomic E-state index is 6.35. The molecule has 1 heterocycles. The second kappa shape index (κ2) is 4.88. The van der Waals surface area contributed by atoms with Gasteiger partial charge in [0.1, 0.15) is 5.75 Å². The molecule has 2 N–H and O–H groups in total. The fraction of sp³-hybridized carbons (Fsp3) is 0.571. The van der Waals surface area contributed by atoms with Gasteiger partial charge >= 0.3 is 0 Å². The average Bonchev–Trinajstić information content (AvgIpc) is 2.78. The molecule has 0 amide bonds. The molecule has 0 aliphatic carbocycles. The Kier molecular flexibility index (Phi) is 3.49. The Morgan fingerprint density at radius 3 is 2.75 bits per heavy atom. The van der Waals surface area contributed by atoms with Crippen LogP contribution in [0.4, 0.5) is 0 Å². The molecule has 0 saturated carbocycles. The number of ether oxygens (including phenoxy) is 1. The number of benzene rings is 1. The van der Waals surface area contributed by atoms with Gasteiger partial charge in [0.15, 0.2) is 0 Å². The van der Waals surface area contributed by atoms with Gasteiger partial charge in [-0.15, -0.1) is 0 Å². The molecule has 0 bridgehead atoms. The number of hydrogen-bond acceptors (Lipinski definition) is 2. The molecule has 0 fully saturated rings. The van der Waals surface area contributed by atoms with E-state index in [1.807, 2.05) is 0 Å². The van der Waals surface area contributed by atoms with Crippen molar-refractivity contribution in [3.8, 4) is 5.75 Å². The van der Waals surface area contributed by atoms with Gasteiger partial charge in [-0.1, -0.05) is 44.9 Å². The van der Waals surface area contributed by atoms with Crippen LogP contribution in [0.3, 0.4) is 0 Å². The minimum absolute atomic E-state index is 0.114. The number of fused-ring (bicyclic) bond motifs is 1. The highest BCUT2D eigenvalue weighted by Crippen LogP contribution is 2.36. The highest BCUT2D eigenvalue weighted by Gasteiger charge is 2.23. The Morgan fingerprint density at radius 1 is 1.31 bits per heavy atom. The van der Waals surface area contributed by atoms with Gasteiger partial charge in [0.2, 0.25) is 0 Å². The quantitative estimate of drug-likeness (QED) is 0.844. The smallest absolute Gasteiger partial charge is 0.127 e. The molecule has 1 atom stereocenters. The first-order chi connectivity index (χ1) is 7.77. The van der Waals surface area contributed by atoms with Gasteiger partial charge in [-0.05, 0) is 11.5 Å². The molecule has 1 aromatic carbocycles. The molecule has 2 heteroatoms. The molecule has 0 spiro atoms. The van der Waals surface area contributed by atoms with Gasteiger partial charge in [-0.25, -0.2) is 0 Å². The molecular formula is C14H21NO. The topological polar surface area (TPSA) is 35.2 Å². The zero-order valence-corrected chi connectivity index (χ0v) is 10.2. The Hall–Kier alpha value is -1.02. The summed E-state index contributed by atoms with van der Waals surface area (Å²) in [7, 11) is 0. The number of hydrogen-bond donors (Lipinski definition) is 1. The van der Waals surface area contributed by atoms with Crippen LogP contribution < -0.4 is 10.5 Å². The SMILES string of the molecule is CCC(CC)C(N)c1cccc2c1OCC2. The van der Waals surface area contributed by atoms with E-state index in [1.54, 1.807) is 0 Å². The maximum Gasteiger partial charge on any atom is 0.127 e. The van der Waals surface area contributed by atoms with Crippen LogP contribution in [0, 0.1) is 5.92 Å². The van der Waals surface area contributed by atoms with Gasteiger partial charge in [-0.2, -0.15) is 0 Å². The Morgan fingerprint density at radius 2 is 2.06 bits per heavy atom. The van der Waals surface area contributed by atoms with Crippen LogP contribution in [0.2, 0.25) is 0 Å². The van der Waals surface area contributed by atoms with Crippen molar-refractivity contribution >= 4 is 0 Å². The summed E-state index contributed by atoms with van der Waals surface area (Å²) in [6.07, 6.45) is 3.28. The van der Waals surface area contributed by atoms with Crippen LogP contribution in [0.15, 0.2) is 18.2 Å². The Balaban J connectivity index is 2.30. The molecule has 1 aliphatic heterocycles. The van der Waals surface area contributed by atoms with Crippen molar-refractivity contribution in [1.82, 2.24) is 0 Å². The van der Waals surface area contributed by atoms with E-state index in [-0.39, 0.29) is 6.04 Å². The third-order valence-electron chi connectivity index (χ3n) is 3.66. The molecule has 2 rings (SSSR count). The predicted octanol–water partition coefficient (Wildman–Crippen LogP) is 3.06. The monoisotopic (exact) mass is 219 g/mol. The van der Waals surface area contributed by atoms with E-state index < -0.39 is 0 Å². The standard InChI is InChI=1S/C14H21NO/c1-3-10(4-2)13(15)12-7-5-6-11-8-9-16-14(11)12/h5-7,10,13H,3-4,8-9,15H2,1-2H3. The summed E-state index contributed by atoms with van der Waals surface area (Å²) >= 11 is 0. The minimum Gasteiger partial charge on any atom is -0.493 e. The van der Waals surface area contributed by atoms with Crippen molar-refractivity contribution in [2.45, 2.75) is 39.2 Å². The van der Waals surface area contributed by atoms with Crippen LogP contribution in [0.5, 0.6) is 5.75 Å². The summed E-state index contributed by atoms with van der Waals surface area (Å²) < 4.78 is 5.71. The zero-order chi connectivity index (χ0) is 11.5. The summed E-state index contributed by atoms with van der Waals surface area (Å²) in [5.74, 6) is 1.61. The summed E-state index contributed by atoms with van der Waals surface area (Å²) in [4.78, 5) is 0. The second-order valence-corrected chi connectivity index (χ2v) is 4.54. The molecule has 0 radical (unpaired) electrons. The van der Waals surface area contributed by atoms with Gasteiger partial charge in [0.25, 0.3) is 0 Å². The first kappa shape index (κ1) is 11.5. The first-order valence-corrected chi connectivity index (χ1v) is 6.28. The van der Waals surface area contributed by atoms with E-state index in [4.69, 9.17) is 10.5 Å². The van der Waals surface area contributed by atoms with Crippen molar-refractivity contribution in [3.63, 3.8) is 0 Å². The molecule has 2 nitrogen and oxygen atoms in total. The fourth-order valence-electron chi connectivity index (χ4n) is 2.55. The lowest BCUT2D eigenvalue weighted by Crippen LogP contribution is -2.21. The largest absolute Gasteiger partial charge is 0.493 e. The third kappa shape index (κ3) is 1.94. The van der Waals surface area contributed by atoms with Gasteiger partial charge < -0.3 is 10.5 Å². The summed E-state index contributed by atoms with van der Waals surface area (Å²) in [6.45, 7) is 5.22. The van der Waals surface area contributed by atoms with E-state index in [9.17, 15) is 0 Å². The van der Waals surface area contributed by atoms with E-state index in [2.05, 4.69) is 32.0 Å². The van der Waals surface area contributed by atoms with Crippen molar-refractivity contribution in [2.24, 2.45) is 11.7 Å². The predicted molar refractivity (Wildman–Crippen MR) is 66.6 cm³/mol. The molecule has 88 valence electrons. The van der Waals surface area contributed by atoms with Crippen molar-refractivity contribution < 1.29 is 4.74 Å². The summed E-state index contributed by atoms with van der Waals surface area (Å²) in [5, 5.41) is 0. The van der Waals surface area contributed by atoms with Crippen LogP contribution in [0.25, 0.3) is 0 Å². The zero-order valence-electron chi connectivity index (χ0n) is 10.2. The highest BCUT2D eigenvalue weighted by molar-refractivity contribution is 5.45. The first-order valence-electron chi connectivity index (χ1n) is 6.28. The molecule has 0 saturated heterocycles. The van der Waals surface area contributed by atoms with Crippen LogP contribution >= 0.6 is 0 Å². The summed E-state index contributed by atoms with van der Waals surface area (Å²) in [6, 6.07) is 6.48. The van der Waals surface area contributed by atoms with Crippen LogP contribution in [-0.4, -0.2) is 6.61 Å². The van der Waals surface area contributed by atoms with E-state index >= 15 is 0 Å². The lowest BCUT2D eigenvalue weighted by Gasteiger charge is -2.23. The number of rotatable bonds is 4. The molecule has 16 heavy (non-hydrogen) atoms. The van der Waals surface area contributed by atoms with Gasteiger partial charge in [0.05, 0.1) is 6.61 Å². The molecular weight excluding hydrogens is 198 g/mol. The minimum atomic E-state index is 0.114. The normalized spacial score (nSPS) is 16.0. The summed E-state index contributed by atoms with van der Waals surface area (Å²) in [5.41, 5.74) is 8.87. The molecule has 1 aromatic rings. The fourth-order valence-corrected chi connectivity index (χ4v) is 2.55. The number of para-hydroxylation sites is 1. The average molecular weight is 219 g/mol. The van der Waals surface area contributed by atoms with E-state index in [0.29, 0.717) is 5.92 Å². The Bertz CT molecular complexity index is 358. The Labute approximate surface area is 97.8 Å². The van der Waals surface area contributed by atoms with Crippen LogP contribution in [0.1, 0.15) is 43.9 Å². The van der Waals surface area contributed by atoms with Gasteiger partial charge in [0, 0.05) is 18.0 Å². The lowest BCUT2D eigenvalue weighted by molar-refractivity contribution is 0.339. The van der Waals surface area contributed by atoms with E-state index in [1.165, 1.54) is 11.1 Å². The second-order valence-electron chi connectivity index (χ2n) is 4.54. The maximum absolute atomic E-state index is 6.35. The van der Waals surface area contributed by atoms with E-state index in [0.717, 1.165) is 31.6 Å². The van der Waals surface area contributed by atoms with Crippen molar-refractivity contribution in [1.29, 1.82) is 0 Å². The highest BCUT2D eigenvalue weighted by atomic mass is 16.5. The molecule has 1 aliphatic rings. The van der Waals surface area contributed by atoms with Gasteiger partial charge in [-0.3, -0.25) is 0 Å². The third-order valence-corrected chi connectivity index (χ3v) is 3.66. The lowest BCUT2D eigenvalue weighted by atomic mass is 9.88. The number of nitrogens with two attached hydrogens (primary N) is 1. The van der Waals surface area contributed by atoms with Crippen molar-refractivity contribution in [2.75, 3.05) is 6.61 Å². The molecule has 1 unspecified atom stereocenters. The molecule has 0 aromatic heterocycles.